The summed E-state index contributed by atoms with van der Waals surface area (Å²) in [7, 11) is 0. The van der Waals surface area contributed by atoms with Crippen molar-refractivity contribution in [3.05, 3.63) is 12.2 Å². The molecule has 0 heterocycles. The Morgan fingerprint density at radius 2 is 1.48 bits per heavy atom. The SMILES string of the molecule is CCCCC/C=C\CCCCCC(O)CCCCC(=O)O. The molecule has 3 nitrogen and oxygen atoms in total. The molecule has 0 aromatic carbocycles. The van der Waals surface area contributed by atoms with E-state index in [1.54, 1.807) is 0 Å². The number of rotatable bonds is 15. The molecular weight excluding hydrogens is 264 g/mol. The van der Waals surface area contributed by atoms with Crippen LogP contribution in [0.25, 0.3) is 0 Å². The molecule has 0 aliphatic rings. The highest BCUT2D eigenvalue weighted by molar-refractivity contribution is 5.66. The monoisotopic (exact) mass is 298 g/mol. The second-order valence-electron chi connectivity index (χ2n) is 5.90. The molecule has 0 aromatic rings. The van der Waals surface area contributed by atoms with E-state index in [0.717, 1.165) is 32.1 Å². The third kappa shape index (κ3) is 17.1. The van der Waals surface area contributed by atoms with Gasteiger partial charge < -0.3 is 10.2 Å². The van der Waals surface area contributed by atoms with Crippen LogP contribution in [-0.4, -0.2) is 22.3 Å². The molecule has 124 valence electrons. The average Bonchev–Trinajstić information content (AvgIpc) is 2.45. The Bertz CT molecular complexity index is 261. The van der Waals surface area contributed by atoms with Crippen molar-refractivity contribution in [3.8, 4) is 0 Å². The first-order chi connectivity index (χ1) is 10.2. The van der Waals surface area contributed by atoms with Gasteiger partial charge in [-0.3, -0.25) is 4.79 Å². The zero-order valence-corrected chi connectivity index (χ0v) is 13.7. The second-order valence-corrected chi connectivity index (χ2v) is 5.90. The summed E-state index contributed by atoms with van der Waals surface area (Å²) < 4.78 is 0. The predicted octanol–water partition coefficient (Wildman–Crippen LogP) is 5.08. The second kappa shape index (κ2) is 15.6. The summed E-state index contributed by atoms with van der Waals surface area (Å²) in [6.45, 7) is 2.23. The van der Waals surface area contributed by atoms with E-state index in [-0.39, 0.29) is 12.5 Å². The summed E-state index contributed by atoms with van der Waals surface area (Å²) in [6.07, 6.45) is 17.4. The van der Waals surface area contributed by atoms with Gasteiger partial charge in [-0.15, -0.1) is 0 Å². The first kappa shape index (κ1) is 20.2. The van der Waals surface area contributed by atoms with Gasteiger partial charge >= 0.3 is 5.97 Å². The number of unbranched alkanes of at least 4 members (excludes halogenated alkanes) is 7. The number of carboxylic acids is 1. The minimum Gasteiger partial charge on any atom is -0.481 e. The van der Waals surface area contributed by atoms with Crippen LogP contribution in [-0.2, 0) is 4.79 Å². The van der Waals surface area contributed by atoms with Crippen molar-refractivity contribution in [3.63, 3.8) is 0 Å². The number of hydrogen-bond acceptors (Lipinski definition) is 2. The Morgan fingerprint density at radius 1 is 0.905 bits per heavy atom. The quantitative estimate of drug-likeness (QED) is 0.327. The number of carboxylic acid groups (broad SMARTS) is 1. The predicted molar refractivity (Wildman–Crippen MR) is 88.5 cm³/mol. The molecule has 2 N–H and O–H groups in total. The molecule has 0 amide bonds. The number of hydrogen-bond donors (Lipinski definition) is 2. The van der Waals surface area contributed by atoms with Gasteiger partial charge in [0.15, 0.2) is 0 Å². The Hall–Kier alpha value is -0.830. The van der Waals surface area contributed by atoms with Gasteiger partial charge in [0.2, 0.25) is 0 Å². The van der Waals surface area contributed by atoms with Crippen molar-refractivity contribution in [1.82, 2.24) is 0 Å². The molecule has 0 aliphatic carbocycles. The highest BCUT2D eigenvalue weighted by atomic mass is 16.4. The lowest BCUT2D eigenvalue weighted by molar-refractivity contribution is -0.137. The summed E-state index contributed by atoms with van der Waals surface area (Å²) in [5, 5.41) is 18.3. The first-order valence-corrected chi connectivity index (χ1v) is 8.71. The van der Waals surface area contributed by atoms with Crippen LogP contribution in [0.5, 0.6) is 0 Å². The molecule has 0 fully saturated rings. The zero-order chi connectivity index (χ0) is 15.8. The lowest BCUT2D eigenvalue weighted by Gasteiger charge is -2.09. The van der Waals surface area contributed by atoms with Crippen molar-refractivity contribution in [2.24, 2.45) is 0 Å². The first-order valence-electron chi connectivity index (χ1n) is 8.71. The van der Waals surface area contributed by atoms with Gasteiger partial charge in [0.1, 0.15) is 0 Å². The molecule has 0 rings (SSSR count). The Balaban J connectivity index is 3.24. The van der Waals surface area contributed by atoms with E-state index < -0.39 is 5.97 Å². The van der Waals surface area contributed by atoms with E-state index in [4.69, 9.17) is 5.11 Å². The minimum atomic E-state index is -0.743. The summed E-state index contributed by atoms with van der Waals surface area (Å²) in [5.41, 5.74) is 0. The number of aliphatic hydroxyl groups is 1. The Labute approximate surface area is 130 Å². The van der Waals surface area contributed by atoms with Gasteiger partial charge in [0, 0.05) is 6.42 Å². The number of aliphatic carboxylic acids is 1. The molecule has 0 aliphatic heterocycles. The summed E-state index contributed by atoms with van der Waals surface area (Å²) >= 11 is 0. The van der Waals surface area contributed by atoms with Crippen LogP contribution in [0.1, 0.15) is 90.4 Å². The van der Waals surface area contributed by atoms with Gasteiger partial charge in [0.25, 0.3) is 0 Å². The number of carbonyl (C=O) groups is 1. The highest BCUT2D eigenvalue weighted by Crippen LogP contribution is 2.12. The van der Waals surface area contributed by atoms with E-state index >= 15 is 0 Å². The van der Waals surface area contributed by atoms with Gasteiger partial charge in [-0.25, -0.2) is 0 Å². The molecule has 1 atom stereocenters. The molecule has 0 saturated carbocycles. The lowest BCUT2D eigenvalue weighted by Crippen LogP contribution is -2.06. The molecular formula is C18H34O3. The van der Waals surface area contributed by atoms with E-state index in [1.807, 2.05) is 0 Å². The van der Waals surface area contributed by atoms with E-state index in [0.29, 0.717) is 6.42 Å². The number of aliphatic hydroxyl groups excluding tert-OH is 1. The average molecular weight is 298 g/mol. The van der Waals surface area contributed by atoms with Crippen molar-refractivity contribution < 1.29 is 15.0 Å². The van der Waals surface area contributed by atoms with E-state index in [2.05, 4.69) is 19.1 Å². The molecule has 0 spiro atoms. The maximum absolute atomic E-state index is 10.3. The fourth-order valence-electron chi connectivity index (χ4n) is 2.37. The molecule has 3 heteroatoms. The van der Waals surface area contributed by atoms with E-state index in [9.17, 15) is 9.90 Å². The summed E-state index contributed by atoms with van der Waals surface area (Å²) in [6, 6.07) is 0. The van der Waals surface area contributed by atoms with Crippen LogP contribution in [0.2, 0.25) is 0 Å². The van der Waals surface area contributed by atoms with Crippen LogP contribution >= 0.6 is 0 Å². The van der Waals surface area contributed by atoms with Crippen LogP contribution < -0.4 is 0 Å². The van der Waals surface area contributed by atoms with E-state index in [1.165, 1.54) is 38.5 Å². The fraction of sp³-hybridized carbons (Fsp3) is 0.833. The fourth-order valence-corrected chi connectivity index (χ4v) is 2.37. The smallest absolute Gasteiger partial charge is 0.303 e. The third-order valence-corrected chi connectivity index (χ3v) is 3.73. The Morgan fingerprint density at radius 3 is 2.05 bits per heavy atom. The van der Waals surface area contributed by atoms with Crippen LogP contribution in [0, 0.1) is 0 Å². The molecule has 21 heavy (non-hydrogen) atoms. The molecule has 0 saturated heterocycles. The lowest BCUT2D eigenvalue weighted by atomic mass is 10.0. The topological polar surface area (TPSA) is 57.5 Å². The van der Waals surface area contributed by atoms with Gasteiger partial charge in [-0.2, -0.15) is 0 Å². The maximum Gasteiger partial charge on any atom is 0.303 e. The molecule has 0 radical (unpaired) electrons. The van der Waals surface area contributed by atoms with Crippen LogP contribution in [0.4, 0.5) is 0 Å². The maximum atomic E-state index is 10.3. The zero-order valence-electron chi connectivity index (χ0n) is 13.7. The van der Waals surface area contributed by atoms with Gasteiger partial charge in [-0.05, 0) is 44.9 Å². The molecule has 0 aromatic heterocycles. The molecule has 0 bridgehead atoms. The van der Waals surface area contributed by atoms with Crippen LogP contribution in [0.15, 0.2) is 12.2 Å². The van der Waals surface area contributed by atoms with Crippen molar-refractivity contribution >= 4 is 5.97 Å². The minimum absolute atomic E-state index is 0.220. The molecule has 1 unspecified atom stereocenters. The number of allylic oxidation sites excluding steroid dienone is 2. The highest BCUT2D eigenvalue weighted by Gasteiger charge is 2.04. The third-order valence-electron chi connectivity index (χ3n) is 3.73. The summed E-state index contributed by atoms with van der Waals surface area (Å²) in [4.78, 5) is 10.3. The van der Waals surface area contributed by atoms with Crippen molar-refractivity contribution in [2.45, 2.75) is 96.5 Å². The van der Waals surface area contributed by atoms with Crippen molar-refractivity contribution in [2.75, 3.05) is 0 Å². The largest absolute Gasteiger partial charge is 0.481 e. The van der Waals surface area contributed by atoms with Crippen LogP contribution in [0.3, 0.4) is 0 Å². The van der Waals surface area contributed by atoms with Crippen molar-refractivity contribution in [1.29, 1.82) is 0 Å². The van der Waals surface area contributed by atoms with Gasteiger partial charge in [-0.1, -0.05) is 51.2 Å². The Kier molecular flexibility index (Phi) is 14.9. The normalized spacial score (nSPS) is 12.9. The summed E-state index contributed by atoms with van der Waals surface area (Å²) in [5.74, 6) is -0.743. The standard InChI is InChI=1S/C18H34O3/c1-2-3-4-5-6-7-8-9-10-11-14-17(19)15-12-13-16-18(20)21/h6-7,17,19H,2-5,8-16H2,1H3,(H,20,21)/b7-6-. The van der Waals surface area contributed by atoms with Gasteiger partial charge in [0.05, 0.1) is 6.10 Å².